The number of para-hydroxylation sites is 1. The van der Waals surface area contributed by atoms with Gasteiger partial charge in [-0.3, -0.25) is 5.10 Å². The van der Waals surface area contributed by atoms with Crippen molar-refractivity contribution in [2.45, 2.75) is 13.3 Å². The van der Waals surface area contributed by atoms with E-state index >= 15 is 0 Å². The second kappa shape index (κ2) is 6.68. The molecular formula is C19H18N6. The minimum Gasteiger partial charge on any atom is -0.369 e. The highest BCUT2D eigenvalue weighted by Gasteiger charge is 2.07. The summed E-state index contributed by atoms with van der Waals surface area (Å²) >= 11 is 0. The van der Waals surface area contributed by atoms with Gasteiger partial charge in [-0.05, 0) is 18.6 Å². The zero-order valence-corrected chi connectivity index (χ0v) is 13.9. The highest BCUT2D eigenvalue weighted by atomic mass is 15.2. The third-order valence-corrected chi connectivity index (χ3v) is 4.08. The molecule has 2 N–H and O–H groups in total. The number of hydrogen-bond acceptors (Lipinski definition) is 5. The first-order valence-corrected chi connectivity index (χ1v) is 8.22. The number of hydrogen-bond donors (Lipinski definition) is 2. The van der Waals surface area contributed by atoms with Gasteiger partial charge in [0.05, 0.1) is 5.52 Å². The molecule has 2 aromatic heterocycles. The largest absolute Gasteiger partial charge is 0.369 e. The molecular weight excluding hydrogens is 312 g/mol. The van der Waals surface area contributed by atoms with Crippen LogP contribution in [-0.4, -0.2) is 31.7 Å². The van der Waals surface area contributed by atoms with Crippen LogP contribution >= 0.6 is 0 Å². The number of nitrogens with zero attached hydrogens (tertiary/aromatic N) is 4. The molecule has 0 radical (unpaired) electrons. The Balaban J connectivity index is 1.45. The van der Waals surface area contributed by atoms with Crippen molar-refractivity contribution in [3.05, 3.63) is 66.2 Å². The molecule has 0 atom stereocenters. The maximum absolute atomic E-state index is 4.55. The van der Waals surface area contributed by atoms with Crippen molar-refractivity contribution >= 4 is 16.7 Å². The van der Waals surface area contributed by atoms with Crippen LogP contribution in [0, 0.1) is 6.92 Å². The molecule has 0 aliphatic rings. The quantitative estimate of drug-likeness (QED) is 0.586. The smallest absolute Gasteiger partial charge is 0.181 e. The van der Waals surface area contributed by atoms with Crippen LogP contribution in [0.1, 0.15) is 11.4 Å². The van der Waals surface area contributed by atoms with Crippen LogP contribution in [0.25, 0.3) is 22.3 Å². The highest BCUT2D eigenvalue weighted by molar-refractivity contribution is 5.90. The molecule has 2 aromatic carbocycles. The summed E-state index contributed by atoms with van der Waals surface area (Å²) in [5.74, 6) is 2.41. The first-order chi connectivity index (χ1) is 12.3. The lowest BCUT2D eigenvalue weighted by molar-refractivity contribution is 0.897. The number of fused-ring (bicyclic) bond motifs is 1. The van der Waals surface area contributed by atoms with E-state index in [1.807, 2.05) is 42.5 Å². The lowest BCUT2D eigenvalue weighted by Gasteiger charge is -2.08. The Morgan fingerprint density at radius 2 is 1.88 bits per heavy atom. The number of rotatable bonds is 5. The van der Waals surface area contributed by atoms with Crippen molar-refractivity contribution in [1.82, 2.24) is 25.1 Å². The van der Waals surface area contributed by atoms with Crippen LogP contribution in [0.5, 0.6) is 0 Å². The fraction of sp³-hybridized carbons (Fsp3) is 0.158. The predicted octanol–water partition coefficient (Wildman–Crippen LogP) is 3.38. The van der Waals surface area contributed by atoms with Gasteiger partial charge in [0, 0.05) is 23.9 Å². The molecule has 0 aliphatic carbocycles. The molecule has 2 heterocycles. The maximum Gasteiger partial charge on any atom is 0.181 e. The second-order valence-electron chi connectivity index (χ2n) is 5.84. The number of aromatic nitrogens is 5. The first kappa shape index (κ1) is 15.3. The zero-order chi connectivity index (χ0) is 17.1. The van der Waals surface area contributed by atoms with Gasteiger partial charge in [-0.1, -0.05) is 42.5 Å². The van der Waals surface area contributed by atoms with Gasteiger partial charge in [-0.25, -0.2) is 15.0 Å². The Hall–Kier alpha value is -3.28. The Labute approximate surface area is 145 Å². The Bertz CT molecular complexity index is 993. The lowest BCUT2D eigenvalue weighted by atomic mass is 10.1. The second-order valence-corrected chi connectivity index (χ2v) is 5.84. The van der Waals surface area contributed by atoms with Gasteiger partial charge in [0.15, 0.2) is 5.82 Å². The monoisotopic (exact) mass is 330 g/mol. The molecule has 0 aliphatic heterocycles. The highest BCUT2D eigenvalue weighted by Crippen LogP contribution is 2.21. The van der Waals surface area contributed by atoms with Crippen LogP contribution in [0.15, 0.2) is 54.9 Å². The summed E-state index contributed by atoms with van der Waals surface area (Å²) < 4.78 is 0. The summed E-state index contributed by atoms with van der Waals surface area (Å²) in [6, 6.07) is 16.1. The van der Waals surface area contributed by atoms with Gasteiger partial charge in [-0.2, -0.15) is 5.10 Å². The van der Waals surface area contributed by atoms with Crippen LogP contribution in [0.4, 0.5) is 5.82 Å². The van der Waals surface area contributed by atoms with E-state index < -0.39 is 0 Å². The van der Waals surface area contributed by atoms with Crippen molar-refractivity contribution in [1.29, 1.82) is 0 Å². The van der Waals surface area contributed by atoms with Gasteiger partial charge < -0.3 is 5.32 Å². The molecule has 0 spiro atoms. The minimum absolute atomic E-state index is 0.712. The van der Waals surface area contributed by atoms with Gasteiger partial charge in [0.2, 0.25) is 0 Å². The van der Waals surface area contributed by atoms with E-state index in [0.29, 0.717) is 6.54 Å². The van der Waals surface area contributed by atoms with E-state index in [-0.39, 0.29) is 0 Å². The molecule has 0 bridgehead atoms. The number of nitrogens with one attached hydrogen (secondary N) is 2. The van der Waals surface area contributed by atoms with Crippen molar-refractivity contribution in [2.24, 2.45) is 0 Å². The maximum atomic E-state index is 4.55. The van der Waals surface area contributed by atoms with Gasteiger partial charge >= 0.3 is 0 Å². The molecule has 4 aromatic rings. The fourth-order valence-electron chi connectivity index (χ4n) is 2.80. The standard InChI is InChI=1S/C19H18N6/c1-13-6-5-9-15-17(13)21-12-22-19(15)20-11-10-16-23-18(25-24-16)14-7-3-2-4-8-14/h2-9,12H,10-11H2,1H3,(H,20,21,22)(H,23,24,25). The van der Waals surface area contributed by atoms with E-state index in [4.69, 9.17) is 0 Å². The van der Waals surface area contributed by atoms with Gasteiger partial charge in [0.25, 0.3) is 0 Å². The molecule has 0 amide bonds. The fourth-order valence-corrected chi connectivity index (χ4v) is 2.80. The van der Waals surface area contributed by atoms with E-state index in [0.717, 1.165) is 45.9 Å². The summed E-state index contributed by atoms with van der Waals surface area (Å²) in [4.78, 5) is 13.3. The molecule has 4 rings (SSSR count). The van der Waals surface area contributed by atoms with Crippen LogP contribution in [0.3, 0.4) is 0 Å². The summed E-state index contributed by atoms with van der Waals surface area (Å²) in [6.45, 7) is 2.77. The summed E-state index contributed by atoms with van der Waals surface area (Å²) in [7, 11) is 0. The van der Waals surface area contributed by atoms with Crippen LogP contribution in [-0.2, 0) is 6.42 Å². The Morgan fingerprint density at radius 1 is 1.00 bits per heavy atom. The number of aromatic amines is 1. The molecule has 0 saturated heterocycles. The van der Waals surface area contributed by atoms with E-state index in [1.54, 1.807) is 6.33 Å². The number of aryl methyl sites for hydroxylation is 1. The van der Waals surface area contributed by atoms with Gasteiger partial charge in [-0.15, -0.1) is 0 Å². The molecule has 0 saturated carbocycles. The molecule has 6 heteroatoms. The number of anilines is 1. The topological polar surface area (TPSA) is 79.4 Å². The van der Waals surface area contributed by atoms with Crippen LogP contribution < -0.4 is 5.32 Å². The third kappa shape index (κ3) is 3.19. The lowest BCUT2D eigenvalue weighted by Crippen LogP contribution is -2.08. The van der Waals surface area contributed by atoms with E-state index in [1.165, 1.54) is 0 Å². The first-order valence-electron chi connectivity index (χ1n) is 8.22. The van der Waals surface area contributed by atoms with Crippen molar-refractivity contribution < 1.29 is 0 Å². The van der Waals surface area contributed by atoms with Crippen molar-refractivity contribution in [3.8, 4) is 11.4 Å². The van der Waals surface area contributed by atoms with E-state index in [2.05, 4.69) is 43.5 Å². The van der Waals surface area contributed by atoms with E-state index in [9.17, 15) is 0 Å². The zero-order valence-electron chi connectivity index (χ0n) is 13.9. The average Bonchev–Trinajstić information content (AvgIpc) is 3.12. The average molecular weight is 330 g/mol. The van der Waals surface area contributed by atoms with Crippen molar-refractivity contribution in [3.63, 3.8) is 0 Å². The summed E-state index contributed by atoms with van der Waals surface area (Å²) in [5.41, 5.74) is 3.13. The predicted molar refractivity (Wildman–Crippen MR) is 98.3 cm³/mol. The molecule has 0 unspecified atom stereocenters. The van der Waals surface area contributed by atoms with Crippen molar-refractivity contribution in [2.75, 3.05) is 11.9 Å². The number of benzene rings is 2. The Morgan fingerprint density at radius 3 is 2.76 bits per heavy atom. The normalized spacial score (nSPS) is 10.9. The van der Waals surface area contributed by atoms with Crippen LogP contribution in [0.2, 0.25) is 0 Å². The summed E-state index contributed by atoms with van der Waals surface area (Å²) in [5, 5.41) is 11.7. The molecule has 124 valence electrons. The summed E-state index contributed by atoms with van der Waals surface area (Å²) in [6.07, 6.45) is 2.33. The SMILES string of the molecule is Cc1cccc2c(NCCc3nc(-c4ccccc4)n[nH]3)ncnc12. The van der Waals surface area contributed by atoms with Gasteiger partial charge in [0.1, 0.15) is 18.0 Å². The molecule has 6 nitrogen and oxygen atoms in total. The number of H-pyrrole nitrogens is 1. The molecule has 25 heavy (non-hydrogen) atoms. The minimum atomic E-state index is 0.712. The Kier molecular flexibility index (Phi) is 4.08. The molecule has 0 fully saturated rings. The third-order valence-electron chi connectivity index (χ3n) is 4.08.